The second kappa shape index (κ2) is 2.83. The Morgan fingerprint density at radius 1 is 1.31 bits per heavy atom. The Morgan fingerprint density at radius 2 is 2.00 bits per heavy atom. The van der Waals surface area contributed by atoms with Gasteiger partial charge in [-0.05, 0) is 29.6 Å². The van der Waals surface area contributed by atoms with Gasteiger partial charge >= 0.3 is 0 Å². The molecule has 0 radical (unpaired) electrons. The Labute approximate surface area is 80.9 Å². The van der Waals surface area contributed by atoms with Crippen LogP contribution in [0.1, 0.15) is 46.5 Å². The first-order chi connectivity index (χ1) is 6.05. The summed E-state index contributed by atoms with van der Waals surface area (Å²) < 4.78 is 0. The summed E-state index contributed by atoms with van der Waals surface area (Å²) in [6.45, 7) is 6.87. The number of rotatable bonds is 1. The zero-order chi connectivity index (χ0) is 9.64. The normalized spacial score (nSPS) is 42.4. The van der Waals surface area contributed by atoms with Crippen molar-refractivity contribution in [3.63, 3.8) is 0 Å². The molecule has 0 aliphatic heterocycles. The average molecular weight is 180 g/mol. The molecular weight excluding hydrogens is 160 g/mol. The fraction of sp³-hybridized carbons (Fsp3) is 0.917. The lowest BCUT2D eigenvalue weighted by Crippen LogP contribution is -2.09. The van der Waals surface area contributed by atoms with Gasteiger partial charge in [0.05, 0.1) is 0 Å². The van der Waals surface area contributed by atoms with Crippen molar-refractivity contribution in [2.24, 2.45) is 23.2 Å². The predicted molar refractivity (Wildman–Crippen MR) is 53.4 cm³/mol. The maximum Gasteiger partial charge on any atom is 0.133 e. The van der Waals surface area contributed by atoms with Crippen molar-refractivity contribution in [3.05, 3.63) is 0 Å². The third-order valence-electron chi connectivity index (χ3n) is 4.42. The monoisotopic (exact) mass is 180 g/mol. The van der Waals surface area contributed by atoms with Gasteiger partial charge in [0.15, 0.2) is 0 Å². The molecule has 0 amide bonds. The fourth-order valence-electron chi connectivity index (χ4n) is 3.13. The van der Waals surface area contributed by atoms with Crippen LogP contribution in [0.2, 0.25) is 0 Å². The maximum absolute atomic E-state index is 11.6. The van der Waals surface area contributed by atoms with E-state index in [2.05, 4.69) is 20.8 Å². The van der Waals surface area contributed by atoms with Gasteiger partial charge in [-0.25, -0.2) is 0 Å². The zero-order valence-corrected chi connectivity index (χ0v) is 8.97. The molecule has 2 aliphatic rings. The minimum atomic E-state index is 0.476. The third-order valence-corrected chi connectivity index (χ3v) is 4.42. The predicted octanol–water partition coefficient (Wildman–Crippen LogP) is 3.04. The van der Waals surface area contributed by atoms with Gasteiger partial charge in [-0.1, -0.05) is 27.2 Å². The number of Topliss-reactive ketones (excluding diaryl/α,β-unsaturated/α-hetero) is 1. The van der Waals surface area contributed by atoms with Gasteiger partial charge in [-0.2, -0.15) is 0 Å². The third kappa shape index (κ3) is 1.43. The molecular formula is C12H20O. The first-order valence-electron chi connectivity index (χ1n) is 5.57. The number of carbonyl (C=O) groups excluding carboxylic acids is 1. The summed E-state index contributed by atoms with van der Waals surface area (Å²) in [6, 6.07) is 0. The van der Waals surface area contributed by atoms with Crippen molar-refractivity contribution < 1.29 is 4.79 Å². The second-order valence-corrected chi connectivity index (χ2v) is 5.49. The Hall–Kier alpha value is -0.330. The molecule has 2 saturated carbocycles. The van der Waals surface area contributed by atoms with E-state index in [4.69, 9.17) is 0 Å². The minimum Gasteiger partial charge on any atom is -0.300 e. The number of ketones is 1. The molecule has 1 heteroatoms. The highest BCUT2D eigenvalue weighted by atomic mass is 16.1. The number of carbonyl (C=O) groups is 1. The van der Waals surface area contributed by atoms with E-state index in [-0.39, 0.29) is 0 Å². The van der Waals surface area contributed by atoms with E-state index in [1.165, 1.54) is 12.8 Å². The highest BCUT2D eigenvalue weighted by molar-refractivity contribution is 5.79. The summed E-state index contributed by atoms with van der Waals surface area (Å²) in [5.74, 6) is 2.77. The van der Waals surface area contributed by atoms with Gasteiger partial charge in [0.2, 0.25) is 0 Å². The van der Waals surface area contributed by atoms with E-state index < -0.39 is 0 Å². The molecule has 3 atom stereocenters. The number of hydrogen-bond donors (Lipinski definition) is 0. The van der Waals surface area contributed by atoms with E-state index in [9.17, 15) is 4.79 Å². The molecule has 2 rings (SSSR count). The largest absolute Gasteiger partial charge is 0.300 e. The summed E-state index contributed by atoms with van der Waals surface area (Å²) >= 11 is 0. The molecule has 0 heterocycles. The molecule has 1 nitrogen and oxygen atoms in total. The quantitative estimate of drug-likeness (QED) is 0.606. The van der Waals surface area contributed by atoms with E-state index in [1.54, 1.807) is 0 Å². The molecule has 0 bridgehead atoms. The molecule has 0 saturated heterocycles. The fourth-order valence-corrected chi connectivity index (χ4v) is 3.13. The van der Waals surface area contributed by atoms with Crippen LogP contribution < -0.4 is 0 Å². The molecule has 0 N–H and O–H groups in total. The molecule has 13 heavy (non-hydrogen) atoms. The Bertz CT molecular complexity index is 229. The first-order valence-corrected chi connectivity index (χ1v) is 5.57. The highest BCUT2D eigenvalue weighted by Crippen LogP contribution is 2.64. The smallest absolute Gasteiger partial charge is 0.133 e. The lowest BCUT2D eigenvalue weighted by molar-refractivity contribution is -0.120. The van der Waals surface area contributed by atoms with Crippen molar-refractivity contribution in [2.45, 2.75) is 46.5 Å². The summed E-state index contributed by atoms with van der Waals surface area (Å²) in [4.78, 5) is 11.6. The summed E-state index contributed by atoms with van der Waals surface area (Å²) in [6.07, 6.45) is 4.22. The maximum atomic E-state index is 11.6. The topological polar surface area (TPSA) is 17.1 Å². The van der Waals surface area contributed by atoms with Crippen LogP contribution in [0, 0.1) is 23.2 Å². The van der Waals surface area contributed by atoms with Crippen molar-refractivity contribution in [1.82, 2.24) is 0 Å². The van der Waals surface area contributed by atoms with Crippen molar-refractivity contribution in [2.75, 3.05) is 0 Å². The van der Waals surface area contributed by atoms with Crippen LogP contribution in [0.25, 0.3) is 0 Å². The first kappa shape index (κ1) is 9.23. The van der Waals surface area contributed by atoms with Crippen molar-refractivity contribution in [3.8, 4) is 0 Å². The molecule has 0 aromatic carbocycles. The van der Waals surface area contributed by atoms with Crippen LogP contribution in [0.15, 0.2) is 0 Å². The van der Waals surface area contributed by atoms with Crippen molar-refractivity contribution in [1.29, 1.82) is 0 Å². The van der Waals surface area contributed by atoms with Crippen molar-refractivity contribution >= 4 is 5.78 Å². The van der Waals surface area contributed by atoms with Gasteiger partial charge in [0, 0.05) is 12.8 Å². The van der Waals surface area contributed by atoms with E-state index >= 15 is 0 Å². The molecule has 0 aromatic rings. The van der Waals surface area contributed by atoms with Gasteiger partial charge < -0.3 is 0 Å². The van der Waals surface area contributed by atoms with Crippen LogP contribution in [0.5, 0.6) is 0 Å². The highest BCUT2D eigenvalue weighted by Gasteiger charge is 2.58. The van der Waals surface area contributed by atoms with Crippen LogP contribution in [-0.2, 0) is 4.79 Å². The molecule has 2 fully saturated rings. The van der Waals surface area contributed by atoms with Gasteiger partial charge in [-0.15, -0.1) is 0 Å². The average Bonchev–Trinajstić information content (AvgIpc) is 2.61. The zero-order valence-electron chi connectivity index (χ0n) is 8.97. The summed E-state index contributed by atoms with van der Waals surface area (Å²) in [5.41, 5.74) is 0.476. The minimum absolute atomic E-state index is 0.476. The SMILES string of the molecule is CC[C@@H]1CC(=O)C[C@H]2[C@@H](C1)C2(C)C. The summed E-state index contributed by atoms with van der Waals surface area (Å²) in [5, 5.41) is 0. The van der Waals surface area contributed by atoms with Crippen LogP contribution >= 0.6 is 0 Å². The van der Waals surface area contributed by atoms with Crippen LogP contribution in [0.3, 0.4) is 0 Å². The van der Waals surface area contributed by atoms with Gasteiger partial charge in [0.1, 0.15) is 5.78 Å². The Morgan fingerprint density at radius 3 is 2.62 bits per heavy atom. The van der Waals surface area contributed by atoms with Crippen LogP contribution in [-0.4, -0.2) is 5.78 Å². The lowest BCUT2D eigenvalue weighted by Gasteiger charge is -2.14. The van der Waals surface area contributed by atoms with E-state index in [0.29, 0.717) is 17.1 Å². The molecule has 0 unspecified atom stereocenters. The number of hydrogen-bond acceptors (Lipinski definition) is 1. The molecule has 2 aliphatic carbocycles. The van der Waals surface area contributed by atoms with E-state index in [0.717, 1.165) is 24.7 Å². The van der Waals surface area contributed by atoms with Crippen LogP contribution in [0.4, 0.5) is 0 Å². The Kier molecular flexibility index (Phi) is 2.01. The second-order valence-electron chi connectivity index (χ2n) is 5.49. The standard InChI is InChI=1S/C12H20O/c1-4-8-5-9(13)7-11-10(6-8)12(11,2)3/h8,10-11H,4-7H2,1-3H3/t8-,10-,11+/m1/s1. The lowest BCUT2D eigenvalue weighted by atomic mass is 9.91. The summed E-state index contributed by atoms with van der Waals surface area (Å²) in [7, 11) is 0. The number of fused-ring (bicyclic) bond motifs is 1. The van der Waals surface area contributed by atoms with E-state index in [1.807, 2.05) is 0 Å². The molecule has 0 spiro atoms. The molecule has 74 valence electrons. The Balaban J connectivity index is 2.08. The van der Waals surface area contributed by atoms with Gasteiger partial charge in [0.25, 0.3) is 0 Å². The molecule has 0 aromatic heterocycles. The van der Waals surface area contributed by atoms with Gasteiger partial charge in [-0.3, -0.25) is 4.79 Å².